The Balaban J connectivity index is 2.25. The molecule has 0 fully saturated rings. The summed E-state index contributed by atoms with van der Waals surface area (Å²) in [5, 5.41) is 10.6. The number of non-ortho nitro benzene ring substituents is 1. The summed E-state index contributed by atoms with van der Waals surface area (Å²) < 4.78 is 5.73. The predicted molar refractivity (Wildman–Crippen MR) is 88.1 cm³/mol. The number of hydrogen-bond acceptors (Lipinski definition) is 4. The van der Waals surface area contributed by atoms with Crippen molar-refractivity contribution >= 4 is 11.5 Å². The van der Waals surface area contributed by atoms with E-state index < -0.39 is 4.92 Å². The lowest BCUT2D eigenvalue weighted by Gasteiger charge is -2.16. The molecule has 0 saturated heterocycles. The first-order valence-corrected chi connectivity index (χ1v) is 7.29. The van der Waals surface area contributed by atoms with E-state index in [0.29, 0.717) is 12.4 Å². The Morgan fingerprint density at radius 3 is 2.26 bits per heavy atom. The Morgan fingerprint density at radius 1 is 1.13 bits per heavy atom. The number of ether oxygens (including phenoxy) is 1. The van der Waals surface area contributed by atoms with E-state index in [1.54, 1.807) is 19.1 Å². The molecule has 0 aromatic heterocycles. The zero-order chi connectivity index (χ0) is 17.1. The highest BCUT2D eigenvalue weighted by molar-refractivity contribution is 5.97. The Kier molecular flexibility index (Phi) is 4.79. The van der Waals surface area contributed by atoms with Gasteiger partial charge in [0.1, 0.15) is 12.4 Å². The minimum Gasteiger partial charge on any atom is -0.489 e. The molecule has 5 nitrogen and oxygen atoms in total. The maximum Gasteiger partial charge on any atom is 0.269 e. The van der Waals surface area contributed by atoms with Gasteiger partial charge in [-0.1, -0.05) is 6.07 Å². The van der Waals surface area contributed by atoms with Gasteiger partial charge in [-0.25, -0.2) is 0 Å². The summed E-state index contributed by atoms with van der Waals surface area (Å²) in [6.45, 7) is 7.71. The Labute approximate surface area is 135 Å². The SMILES string of the molecule is CC(=O)c1c(C)cc(C)c(COc2ccc([N+](=O)[O-])cc2)c1C. The van der Waals surface area contributed by atoms with Crippen molar-refractivity contribution in [2.75, 3.05) is 0 Å². The van der Waals surface area contributed by atoms with Gasteiger partial charge in [0, 0.05) is 17.7 Å². The molecular formula is C18H19NO4. The largest absolute Gasteiger partial charge is 0.489 e. The first-order chi connectivity index (χ1) is 10.8. The molecule has 0 aliphatic rings. The van der Waals surface area contributed by atoms with Crippen molar-refractivity contribution in [3.63, 3.8) is 0 Å². The monoisotopic (exact) mass is 313 g/mol. The number of carbonyl (C=O) groups is 1. The van der Waals surface area contributed by atoms with Crippen molar-refractivity contribution in [3.8, 4) is 5.75 Å². The van der Waals surface area contributed by atoms with Crippen molar-refractivity contribution in [3.05, 3.63) is 68.3 Å². The van der Waals surface area contributed by atoms with E-state index in [2.05, 4.69) is 0 Å². The van der Waals surface area contributed by atoms with Gasteiger partial charge in [0.25, 0.3) is 5.69 Å². The van der Waals surface area contributed by atoms with Crippen LogP contribution in [0.4, 0.5) is 5.69 Å². The third-order valence-corrected chi connectivity index (χ3v) is 3.91. The Morgan fingerprint density at radius 2 is 1.74 bits per heavy atom. The number of nitro groups is 1. The molecule has 2 aromatic carbocycles. The van der Waals surface area contributed by atoms with E-state index in [1.165, 1.54) is 12.1 Å². The summed E-state index contributed by atoms with van der Waals surface area (Å²) >= 11 is 0. The van der Waals surface area contributed by atoms with Crippen molar-refractivity contribution in [2.24, 2.45) is 0 Å². The molecule has 0 unspecified atom stereocenters. The van der Waals surface area contributed by atoms with Gasteiger partial charge >= 0.3 is 0 Å². The maximum atomic E-state index is 11.8. The van der Waals surface area contributed by atoms with Crippen LogP contribution < -0.4 is 4.74 Å². The second-order valence-corrected chi connectivity index (χ2v) is 5.58. The van der Waals surface area contributed by atoms with E-state index in [1.807, 2.05) is 26.8 Å². The van der Waals surface area contributed by atoms with Gasteiger partial charge in [-0.15, -0.1) is 0 Å². The van der Waals surface area contributed by atoms with Crippen LogP contribution >= 0.6 is 0 Å². The molecule has 120 valence electrons. The van der Waals surface area contributed by atoms with Gasteiger partial charge < -0.3 is 4.74 Å². The average Bonchev–Trinajstić information content (AvgIpc) is 2.46. The first-order valence-electron chi connectivity index (χ1n) is 7.29. The third-order valence-electron chi connectivity index (χ3n) is 3.91. The molecule has 0 heterocycles. The molecule has 0 aliphatic carbocycles. The number of hydrogen-bond donors (Lipinski definition) is 0. The van der Waals surface area contributed by atoms with Crippen LogP contribution in [0.25, 0.3) is 0 Å². The van der Waals surface area contributed by atoms with Crippen LogP contribution in [-0.2, 0) is 6.61 Å². The molecule has 0 radical (unpaired) electrons. The third kappa shape index (κ3) is 3.56. The maximum absolute atomic E-state index is 11.8. The molecule has 0 bridgehead atoms. The molecule has 0 amide bonds. The van der Waals surface area contributed by atoms with Crippen LogP contribution in [0.1, 0.15) is 39.5 Å². The molecule has 0 saturated carbocycles. The Bertz CT molecular complexity index is 764. The lowest BCUT2D eigenvalue weighted by Crippen LogP contribution is -2.08. The second kappa shape index (κ2) is 6.60. The fraction of sp³-hybridized carbons (Fsp3) is 0.278. The lowest BCUT2D eigenvalue weighted by molar-refractivity contribution is -0.384. The van der Waals surface area contributed by atoms with Crippen LogP contribution in [-0.4, -0.2) is 10.7 Å². The number of carbonyl (C=O) groups excluding carboxylic acids is 1. The highest BCUT2D eigenvalue weighted by Gasteiger charge is 2.15. The van der Waals surface area contributed by atoms with Gasteiger partial charge in [-0.05, 0) is 62.1 Å². The van der Waals surface area contributed by atoms with Crippen LogP contribution in [0.15, 0.2) is 30.3 Å². The minimum absolute atomic E-state index is 0.0268. The van der Waals surface area contributed by atoms with Gasteiger partial charge in [-0.3, -0.25) is 14.9 Å². The summed E-state index contributed by atoms with van der Waals surface area (Å²) in [5.41, 5.74) is 4.69. The van der Waals surface area contributed by atoms with Gasteiger partial charge in [0.05, 0.1) is 4.92 Å². The van der Waals surface area contributed by atoms with Gasteiger partial charge in [-0.2, -0.15) is 0 Å². The average molecular weight is 313 g/mol. The van der Waals surface area contributed by atoms with Crippen molar-refractivity contribution in [1.82, 2.24) is 0 Å². The summed E-state index contributed by atoms with van der Waals surface area (Å²) in [6, 6.07) is 7.94. The minimum atomic E-state index is -0.447. The second-order valence-electron chi connectivity index (χ2n) is 5.58. The van der Waals surface area contributed by atoms with Crippen molar-refractivity contribution < 1.29 is 14.5 Å². The Hall–Kier alpha value is -2.69. The number of ketones is 1. The number of rotatable bonds is 5. The molecular weight excluding hydrogens is 294 g/mol. The van der Waals surface area contributed by atoms with E-state index in [0.717, 1.165) is 27.8 Å². The number of nitro benzene ring substituents is 1. The van der Waals surface area contributed by atoms with E-state index in [-0.39, 0.29) is 11.5 Å². The lowest BCUT2D eigenvalue weighted by atomic mass is 9.92. The zero-order valence-electron chi connectivity index (χ0n) is 13.7. The fourth-order valence-corrected chi connectivity index (χ4v) is 2.81. The van der Waals surface area contributed by atoms with Crippen molar-refractivity contribution in [1.29, 1.82) is 0 Å². The molecule has 0 aliphatic heterocycles. The zero-order valence-corrected chi connectivity index (χ0v) is 13.7. The summed E-state index contributed by atoms with van der Waals surface area (Å²) in [5.74, 6) is 0.593. The quantitative estimate of drug-likeness (QED) is 0.469. The summed E-state index contributed by atoms with van der Waals surface area (Å²) in [6.07, 6.45) is 0. The number of nitrogens with zero attached hydrogens (tertiary/aromatic N) is 1. The molecule has 2 rings (SSSR count). The number of Topliss-reactive ketones (excluding diaryl/α,β-unsaturated/α-hetero) is 1. The predicted octanol–water partition coefficient (Wildman–Crippen LogP) is 4.30. The van der Waals surface area contributed by atoms with Crippen LogP contribution in [0.2, 0.25) is 0 Å². The van der Waals surface area contributed by atoms with Crippen LogP contribution in [0, 0.1) is 30.9 Å². The molecule has 2 aromatic rings. The first kappa shape index (κ1) is 16.7. The van der Waals surface area contributed by atoms with Gasteiger partial charge in [0.2, 0.25) is 0 Å². The van der Waals surface area contributed by atoms with Gasteiger partial charge in [0.15, 0.2) is 5.78 Å². The highest BCUT2D eigenvalue weighted by atomic mass is 16.6. The summed E-state index contributed by atoms with van der Waals surface area (Å²) in [4.78, 5) is 22.0. The van der Waals surface area contributed by atoms with E-state index in [9.17, 15) is 14.9 Å². The molecule has 23 heavy (non-hydrogen) atoms. The number of aryl methyl sites for hydroxylation is 2. The topological polar surface area (TPSA) is 69.4 Å². The highest BCUT2D eigenvalue weighted by Crippen LogP contribution is 2.25. The smallest absolute Gasteiger partial charge is 0.269 e. The van der Waals surface area contributed by atoms with Crippen LogP contribution in [0.5, 0.6) is 5.75 Å². The molecule has 0 spiro atoms. The summed E-state index contributed by atoms with van der Waals surface area (Å²) in [7, 11) is 0. The van der Waals surface area contributed by atoms with E-state index in [4.69, 9.17) is 4.74 Å². The molecule has 0 atom stereocenters. The van der Waals surface area contributed by atoms with Crippen LogP contribution in [0.3, 0.4) is 0 Å². The fourth-order valence-electron chi connectivity index (χ4n) is 2.81. The number of benzene rings is 2. The standard InChI is InChI=1S/C18H19NO4/c1-11-9-12(2)18(14(4)20)13(3)17(11)10-23-16-7-5-15(6-8-16)19(21)22/h5-9H,10H2,1-4H3. The molecule has 5 heteroatoms. The molecule has 0 N–H and O–H groups in total. The normalized spacial score (nSPS) is 10.4. The van der Waals surface area contributed by atoms with E-state index >= 15 is 0 Å². The van der Waals surface area contributed by atoms with Crippen molar-refractivity contribution in [2.45, 2.75) is 34.3 Å².